The van der Waals surface area contributed by atoms with Gasteiger partial charge in [0, 0.05) is 11.6 Å². The second-order valence-corrected chi connectivity index (χ2v) is 4.04. The van der Waals surface area contributed by atoms with Gasteiger partial charge in [0.2, 0.25) is 5.78 Å². The molecule has 0 saturated heterocycles. The molecule has 0 fully saturated rings. The summed E-state index contributed by atoms with van der Waals surface area (Å²) < 4.78 is 25.8. The van der Waals surface area contributed by atoms with E-state index in [1.54, 1.807) is 0 Å². The topological polar surface area (TPSA) is 37.3 Å². The summed E-state index contributed by atoms with van der Waals surface area (Å²) in [4.78, 5) is 11.8. The van der Waals surface area contributed by atoms with Gasteiger partial charge in [0.15, 0.2) is 0 Å². The van der Waals surface area contributed by atoms with Crippen molar-refractivity contribution in [1.82, 2.24) is 0 Å². The number of carbonyl (C=O) groups is 1. The molecule has 0 bridgehead atoms. The van der Waals surface area contributed by atoms with Crippen LogP contribution in [0.4, 0.5) is 8.78 Å². The number of benzene rings is 1. The standard InChI is InChI=1S/C11H6F2O2S/c12-7-3-6(4-8(13)5-7)10(15)11-9(14)1-2-16-11/h1-5,14H. The number of carbonyl (C=O) groups excluding carboxylic acids is 1. The van der Waals surface area contributed by atoms with Gasteiger partial charge in [-0.3, -0.25) is 4.79 Å². The molecular formula is C11H6F2O2S. The smallest absolute Gasteiger partial charge is 0.206 e. The number of ketones is 1. The number of hydrogen-bond donors (Lipinski definition) is 1. The second kappa shape index (κ2) is 4.02. The fourth-order valence-corrected chi connectivity index (χ4v) is 2.04. The molecule has 82 valence electrons. The molecule has 0 saturated carbocycles. The molecule has 16 heavy (non-hydrogen) atoms. The maximum Gasteiger partial charge on any atom is 0.206 e. The van der Waals surface area contributed by atoms with Gasteiger partial charge in [-0.25, -0.2) is 8.78 Å². The van der Waals surface area contributed by atoms with E-state index in [4.69, 9.17) is 0 Å². The monoisotopic (exact) mass is 240 g/mol. The number of hydrogen-bond acceptors (Lipinski definition) is 3. The van der Waals surface area contributed by atoms with Crippen molar-refractivity contribution in [2.75, 3.05) is 0 Å². The van der Waals surface area contributed by atoms with E-state index in [1.165, 1.54) is 11.4 Å². The molecule has 0 radical (unpaired) electrons. The zero-order valence-corrected chi connectivity index (χ0v) is 8.72. The van der Waals surface area contributed by atoms with Gasteiger partial charge >= 0.3 is 0 Å². The number of aromatic hydroxyl groups is 1. The van der Waals surface area contributed by atoms with Crippen LogP contribution < -0.4 is 0 Å². The van der Waals surface area contributed by atoms with Crippen molar-refractivity contribution < 1.29 is 18.7 Å². The van der Waals surface area contributed by atoms with Gasteiger partial charge in [-0.15, -0.1) is 11.3 Å². The average molecular weight is 240 g/mol. The molecule has 2 nitrogen and oxygen atoms in total. The maximum absolute atomic E-state index is 12.9. The molecule has 2 aromatic rings. The Balaban J connectivity index is 2.45. The molecular weight excluding hydrogens is 234 g/mol. The zero-order chi connectivity index (χ0) is 11.7. The van der Waals surface area contributed by atoms with Crippen molar-refractivity contribution in [1.29, 1.82) is 0 Å². The average Bonchev–Trinajstić information content (AvgIpc) is 2.62. The minimum Gasteiger partial charge on any atom is -0.506 e. The molecule has 0 atom stereocenters. The summed E-state index contributed by atoms with van der Waals surface area (Å²) in [6.45, 7) is 0. The second-order valence-electron chi connectivity index (χ2n) is 3.12. The van der Waals surface area contributed by atoms with Crippen molar-refractivity contribution >= 4 is 17.1 Å². The minimum atomic E-state index is -0.820. The number of halogens is 2. The Morgan fingerprint density at radius 3 is 2.31 bits per heavy atom. The Bertz CT molecular complexity index is 528. The molecule has 2 rings (SSSR count). The Labute approximate surface area is 93.8 Å². The van der Waals surface area contributed by atoms with E-state index in [-0.39, 0.29) is 16.2 Å². The van der Waals surface area contributed by atoms with Crippen LogP contribution in [0.3, 0.4) is 0 Å². The lowest BCUT2D eigenvalue weighted by Crippen LogP contribution is -2.00. The first-order valence-corrected chi connectivity index (χ1v) is 5.23. The summed E-state index contributed by atoms with van der Waals surface area (Å²) in [5.41, 5.74) is -0.116. The molecule has 5 heteroatoms. The minimum absolute atomic E-state index is 0.0741. The molecule has 0 aliphatic carbocycles. The molecule has 0 unspecified atom stereocenters. The van der Waals surface area contributed by atoms with Crippen molar-refractivity contribution in [3.8, 4) is 5.75 Å². The summed E-state index contributed by atoms with van der Waals surface area (Å²) >= 11 is 1.02. The Hall–Kier alpha value is -1.75. The summed E-state index contributed by atoms with van der Waals surface area (Å²) in [7, 11) is 0. The molecule has 1 aromatic heterocycles. The SMILES string of the molecule is O=C(c1cc(F)cc(F)c1)c1sccc1O. The van der Waals surface area contributed by atoms with Gasteiger partial charge in [-0.1, -0.05) is 0 Å². The van der Waals surface area contributed by atoms with Gasteiger partial charge in [0.1, 0.15) is 22.3 Å². The summed E-state index contributed by atoms with van der Waals surface area (Å²) in [5, 5.41) is 10.8. The molecule has 0 amide bonds. The predicted octanol–water partition coefficient (Wildman–Crippen LogP) is 2.96. The van der Waals surface area contributed by atoms with Crippen molar-refractivity contribution in [3.63, 3.8) is 0 Å². The van der Waals surface area contributed by atoms with E-state index in [0.717, 1.165) is 23.5 Å². The quantitative estimate of drug-likeness (QED) is 0.819. The largest absolute Gasteiger partial charge is 0.506 e. The van der Waals surface area contributed by atoms with Gasteiger partial charge in [-0.2, -0.15) is 0 Å². The Morgan fingerprint density at radius 2 is 1.81 bits per heavy atom. The van der Waals surface area contributed by atoms with Gasteiger partial charge < -0.3 is 5.11 Å². The molecule has 0 aliphatic heterocycles. The van der Waals surface area contributed by atoms with Crippen LogP contribution >= 0.6 is 11.3 Å². The normalized spacial score (nSPS) is 10.4. The van der Waals surface area contributed by atoms with E-state index < -0.39 is 17.4 Å². The van der Waals surface area contributed by atoms with Crippen LogP contribution in [-0.4, -0.2) is 10.9 Å². The highest BCUT2D eigenvalue weighted by Crippen LogP contribution is 2.26. The van der Waals surface area contributed by atoms with Crippen LogP contribution in [0.15, 0.2) is 29.6 Å². The summed E-state index contributed by atoms with van der Waals surface area (Å²) in [6, 6.07) is 3.91. The molecule has 1 N–H and O–H groups in total. The third-order valence-electron chi connectivity index (χ3n) is 1.98. The third-order valence-corrected chi connectivity index (χ3v) is 2.88. The van der Waals surface area contributed by atoms with Crippen LogP contribution in [0.2, 0.25) is 0 Å². The number of thiophene rings is 1. The van der Waals surface area contributed by atoms with Gasteiger partial charge in [0.05, 0.1) is 0 Å². The summed E-state index contributed by atoms with van der Waals surface area (Å²) in [5.74, 6) is -2.41. The van der Waals surface area contributed by atoms with Crippen LogP contribution in [0.5, 0.6) is 5.75 Å². The van der Waals surface area contributed by atoms with E-state index in [9.17, 15) is 18.7 Å². The molecule has 0 aliphatic rings. The first kappa shape index (κ1) is 10.8. The molecule has 0 spiro atoms. The third kappa shape index (κ3) is 1.94. The van der Waals surface area contributed by atoms with E-state index >= 15 is 0 Å². The molecule has 1 heterocycles. The maximum atomic E-state index is 12.9. The zero-order valence-electron chi connectivity index (χ0n) is 7.91. The first-order chi connectivity index (χ1) is 7.58. The summed E-state index contributed by atoms with van der Waals surface area (Å²) in [6.07, 6.45) is 0. The van der Waals surface area contributed by atoms with Crippen molar-refractivity contribution in [2.24, 2.45) is 0 Å². The fourth-order valence-electron chi connectivity index (χ4n) is 1.29. The van der Waals surface area contributed by atoms with Crippen molar-refractivity contribution in [2.45, 2.75) is 0 Å². The van der Waals surface area contributed by atoms with Crippen LogP contribution in [0.1, 0.15) is 15.2 Å². The lowest BCUT2D eigenvalue weighted by Gasteiger charge is -2.00. The first-order valence-electron chi connectivity index (χ1n) is 4.35. The van der Waals surface area contributed by atoms with E-state index in [1.807, 2.05) is 0 Å². The fraction of sp³-hybridized carbons (Fsp3) is 0. The highest BCUT2D eigenvalue weighted by molar-refractivity contribution is 7.12. The van der Waals surface area contributed by atoms with Crippen molar-refractivity contribution in [3.05, 3.63) is 51.7 Å². The Kier molecular flexibility index (Phi) is 2.70. The van der Waals surface area contributed by atoms with Crippen LogP contribution in [0, 0.1) is 11.6 Å². The predicted molar refractivity (Wildman–Crippen MR) is 55.8 cm³/mol. The lowest BCUT2D eigenvalue weighted by molar-refractivity contribution is 0.103. The van der Waals surface area contributed by atoms with E-state index in [2.05, 4.69) is 0 Å². The van der Waals surface area contributed by atoms with E-state index in [0.29, 0.717) is 6.07 Å². The van der Waals surface area contributed by atoms with Gasteiger partial charge in [0.25, 0.3) is 0 Å². The molecule has 1 aromatic carbocycles. The highest BCUT2D eigenvalue weighted by atomic mass is 32.1. The Morgan fingerprint density at radius 1 is 1.19 bits per heavy atom. The highest BCUT2D eigenvalue weighted by Gasteiger charge is 2.16. The van der Waals surface area contributed by atoms with Crippen LogP contribution in [-0.2, 0) is 0 Å². The number of rotatable bonds is 2. The lowest BCUT2D eigenvalue weighted by atomic mass is 10.1. The van der Waals surface area contributed by atoms with Gasteiger partial charge in [-0.05, 0) is 23.6 Å². The van der Waals surface area contributed by atoms with Crippen LogP contribution in [0.25, 0.3) is 0 Å².